The lowest BCUT2D eigenvalue weighted by Crippen LogP contribution is -2.27. The van der Waals surface area contributed by atoms with Crippen LogP contribution in [0.1, 0.15) is 54.5 Å². The van der Waals surface area contributed by atoms with E-state index in [1.54, 1.807) is 13.4 Å². The van der Waals surface area contributed by atoms with Crippen molar-refractivity contribution in [2.45, 2.75) is 45.1 Å². The van der Waals surface area contributed by atoms with Crippen LogP contribution in [0.4, 0.5) is 0 Å². The van der Waals surface area contributed by atoms with Crippen molar-refractivity contribution in [1.29, 1.82) is 0 Å². The van der Waals surface area contributed by atoms with E-state index >= 15 is 0 Å². The highest BCUT2D eigenvalue weighted by atomic mass is 16.5. The van der Waals surface area contributed by atoms with E-state index in [0.29, 0.717) is 11.8 Å². The Morgan fingerprint density at radius 2 is 2.03 bits per heavy atom. The van der Waals surface area contributed by atoms with Crippen LogP contribution in [0.25, 0.3) is 17.8 Å². The number of imidazole rings is 1. The fraction of sp³-hybridized carbons (Fsp3) is 0.458. The summed E-state index contributed by atoms with van der Waals surface area (Å²) in [6.45, 7) is 4.68. The van der Waals surface area contributed by atoms with Crippen LogP contribution >= 0.6 is 0 Å². The zero-order chi connectivity index (χ0) is 21.2. The topological polar surface area (TPSA) is 67.0 Å². The van der Waals surface area contributed by atoms with E-state index in [1.807, 2.05) is 35.9 Å². The Morgan fingerprint density at radius 3 is 2.81 bits per heavy atom. The van der Waals surface area contributed by atoms with Gasteiger partial charge < -0.3 is 14.0 Å². The summed E-state index contributed by atoms with van der Waals surface area (Å²) in [5, 5.41) is 4.77. The molecule has 1 fully saturated rings. The summed E-state index contributed by atoms with van der Waals surface area (Å²) in [6, 6.07) is 6.15. The van der Waals surface area contributed by atoms with E-state index in [1.165, 1.54) is 12.8 Å². The second kappa shape index (κ2) is 8.67. The summed E-state index contributed by atoms with van der Waals surface area (Å²) in [7, 11) is 1.69. The first-order chi connectivity index (χ1) is 15.2. The van der Waals surface area contributed by atoms with Gasteiger partial charge in [0, 0.05) is 31.9 Å². The highest BCUT2D eigenvalue weighted by molar-refractivity contribution is 5.69. The molecule has 2 aliphatic heterocycles. The lowest BCUT2D eigenvalue weighted by molar-refractivity contribution is 0.0531. The van der Waals surface area contributed by atoms with Gasteiger partial charge in [-0.15, -0.1) is 0 Å². The third-order valence-corrected chi connectivity index (χ3v) is 6.39. The second-order valence-corrected chi connectivity index (χ2v) is 8.44. The minimum Gasteiger partial charge on any atom is -0.495 e. The summed E-state index contributed by atoms with van der Waals surface area (Å²) in [4.78, 5) is 9.22. The van der Waals surface area contributed by atoms with Gasteiger partial charge in [-0.3, -0.25) is 0 Å². The van der Waals surface area contributed by atoms with E-state index in [2.05, 4.69) is 21.8 Å². The molecule has 0 N–H and O–H groups in total. The molecule has 4 heterocycles. The zero-order valence-electron chi connectivity index (χ0n) is 18.2. The maximum absolute atomic E-state index is 5.62. The number of nitrogens with zero attached hydrogens (tertiary/aromatic N) is 5. The number of aryl methyl sites for hydroxylation is 2. The van der Waals surface area contributed by atoms with Crippen molar-refractivity contribution in [3.8, 4) is 11.4 Å². The van der Waals surface area contributed by atoms with Crippen molar-refractivity contribution in [3.63, 3.8) is 0 Å². The second-order valence-electron chi connectivity index (χ2n) is 8.44. The monoisotopic (exact) mass is 419 g/mol. The molecule has 2 aliphatic rings. The van der Waals surface area contributed by atoms with Gasteiger partial charge >= 0.3 is 0 Å². The van der Waals surface area contributed by atoms with Crippen LogP contribution in [0, 0.1) is 12.8 Å². The molecule has 7 nitrogen and oxygen atoms in total. The smallest absolute Gasteiger partial charge is 0.174 e. The van der Waals surface area contributed by atoms with Crippen LogP contribution in [-0.4, -0.2) is 44.6 Å². The average Bonchev–Trinajstić information content (AvgIpc) is 3.43. The van der Waals surface area contributed by atoms with Crippen molar-refractivity contribution in [1.82, 2.24) is 24.3 Å². The van der Waals surface area contributed by atoms with Crippen molar-refractivity contribution in [2.24, 2.45) is 5.92 Å². The third kappa shape index (κ3) is 4.14. The third-order valence-electron chi connectivity index (χ3n) is 6.39. The van der Waals surface area contributed by atoms with Crippen LogP contribution in [0.3, 0.4) is 0 Å². The molecule has 7 heteroatoms. The Kier molecular flexibility index (Phi) is 5.59. The van der Waals surface area contributed by atoms with Gasteiger partial charge in [0.05, 0.1) is 24.8 Å². The number of aromatic nitrogens is 5. The van der Waals surface area contributed by atoms with Crippen LogP contribution < -0.4 is 4.74 Å². The van der Waals surface area contributed by atoms with Gasteiger partial charge in [0.2, 0.25) is 0 Å². The molecule has 0 radical (unpaired) electrons. The van der Waals surface area contributed by atoms with E-state index in [0.717, 1.165) is 66.9 Å². The number of rotatable bonds is 5. The van der Waals surface area contributed by atoms with Gasteiger partial charge in [-0.2, -0.15) is 5.10 Å². The van der Waals surface area contributed by atoms with Gasteiger partial charge in [-0.1, -0.05) is 12.1 Å². The van der Waals surface area contributed by atoms with E-state index < -0.39 is 0 Å². The van der Waals surface area contributed by atoms with Gasteiger partial charge in [-0.25, -0.2) is 14.6 Å². The van der Waals surface area contributed by atoms with E-state index in [9.17, 15) is 0 Å². The fourth-order valence-corrected chi connectivity index (χ4v) is 4.77. The molecule has 0 unspecified atom stereocenters. The molecule has 0 bridgehead atoms. The molecule has 0 aliphatic carbocycles. The average molecular weight is 420 g/mol. The van der Waals surface area contributed by atoms with Gasteiger partial charge in [0.1, 0.15) is 11.6 Å². The molecule has 3 aromatic rings. The number of fused-ring (bicyclic) bond motifs is 1. The van der Waals surface area contributed by atoms with Gasteiger partial charge in [-0.05, 0) is 62.3 Å². The number of hydrogen-bond acceptors (Lipinski definition) is 5. The van der Waals surface area contributed by atoms with Crippen LogP contribution in [0.15, 0.2) is 30.7 Å². The minimum atomic E-state index is 0.505. The fourth-order valence-electron chi connectivity index (χ4n) is 4.77. The van der Waals surface area contributed by atoms with E-state index in [-0.39, 0.29) is 0 Å². The quantitative estimate of drug-likeness (QED) is 0.618. The molecule has 0 amide bonds. The summed E-state index contributed by atoms with van der Waals surface area (Å²) in [5.74, 6) is 3.91. The summed E-state index contributed by atoms with van der Waals surface area (Å²) in [5.41, 5.74) is 2.99. The van der Waals surface area contributed by atoms with Crippen LogP contribution in [0.2, 0.25) is 0 Å². The molecule has 31 heavy (non-hydrogen) atoms. The highest BCUT2D eigenvalue weighted by Gasteiger charge is 2.31. The number of methoxy groups -OCH3 is 1. The first-order valence-electron chi connectivity index (χ1n) is 11.1. The van der Waals surface area contributed by atoms with Crippen LogP contribution in [-0.2, 0) is 11.3 Å². The largest absolute Gasteiger partial charge is 0.495 e. The maximum Gasteiger partial charge on any atom is 0.174 e. The Hall–Kier alpha value is -2.93. The molecule has 0 saturated carbocycles. The molecule has 5 rings (SSSR count). The number of hydrogen-bond donors (Lipinski definition) is 0. The van der Waals surface area contributed by atoms with Crippen molar-refractivity contribution in [2.75, 3.05) is 20.3 Å². The lowest BCUT2D eigenvalue weighted by Gasteiger charge is -2.32. The first-order valence-corrected chi connectivity index (χ1v) is 11.1. The van der Waals surface area contributed by atoms with Crippen molar-refractivity contribution < 1.29 is 9.47 Å². The highest BCUT2D eigenvalue weighted by Crippen LogP contribution is 2.37. The van der Waals surface area contributed by atoms with Gasteiger partial charge in [0.15, 0.2) is 5.82 Å². The Balaban J connectivity index is 1.37. The van der Waals surface area contributed by atoms with Crippen molar-refractivity contribution >= 4 is 12.2 Å². The zero-order valence-corrected chi connectivity index (χ0v) is 18.2. The molecule has 1 saturated heterocycles. The predicted molar refractivity (Wildman–Crippen MR) is 119 cm³/mol. The Morgan fingerprint density at radius 1 is 1.16 bits per heavy atom. The Labute approximate surface area is 182 Å². The number of benzene rings is 1. The van der Waals surface area contributed by atoms with Crippen molar-refractivity contribution in [3.05, 3.63) is 53.6 Å². The first kappa shape index (κ1) is 20.0. The summed E-state index contributed by atoms with van der Waals surface area (Å²) >= 11 is 0. The molecular weight excluding hydrogens is 390 g/mol. The predicted octanol–water partition coefficient (Wildman–Crippen LogP) is 4.26. The summed E-state index contributed by atoms with van der Waals surface area (Å²) < 4.78 is 15.3. The molecule has 0 spiro atoms. The molecule has 1 atom stereocenters. The minimum absolute atomic E-state index is 0.505. The lowest BCUT2D eigenvalue weighted by atomic mass is 9.81. The molecule has 2 aromatic heterocycles. The molecule has 1 aromatic carbocycles. The number of ether oxygens (including phenoxy) is 2. The standard InChI is InChI=1S/C24H29N5O2/c1-17-15-28(16-25-17)21-7-5-18(14-22(21)30-2)6-8-23-26-24-20(4-3-11-29(24)27-23)19-9-12-31-13-10-19/h5-8,14-16,19-20H,3-4,9-13H2,1-2H3/t20-/m1/s1. The van der Waals surface area contributed by atoms with Crippen LogP contribution in [0.5, 0.6) is 5.75 Å². The van der Waals surface area contributed by atoms with E-state index in [4.69, 9.17) is 19.6 Å². The maximum atomic E-state index is 5.62. The molecular formula is C24H29N5O2. The Bertz CT molecular complexity index is 1080. The SMILES string of the molecule is COc1cc(C=Cc2nc3n(n2)CCC[C@@H]3C2CCOCC2)ccc1-n1cnc(C)c1. The van der Waals surface area contributed by atoms with Gasteiger partial charge in [0.25, 0.3) is 0 Å². The molecule has 162 valence electrons. The summed E-state index contributed by atoms with van der Waals surface area (Å²) in [6.07, 6.45) is 12.5. The normalized spacial score (nSPS) is 19.6.